The molecule has 0 spiro atoms. The molecule has 194 valence electrons. The van der Waals surface area contributed by atoms with E-state index < -0.39 is 5.97 Å². The van der Waals surface area contributed by atoms with Crippen molar-refractivity contribution in [3.05, 3.63) is 64.7 Å². The van der Waals surface area contributed by atoms with Crippen molar-refractivity contribution in [3.8, 4) is 23.0 Å². The fraction of sp³-hybridized carbons (Fsp3) is 0.345. The molecule has 2 N–H and O–H groups in total. The summed E-state index contributed by atoms with van der Waals surface area (Å²) in [6.45, 7) is 8.25. The van der Waals surface area contributed by atoms with E-state index in [1.165, 1.54) is 6.92 Å². The number of aromatic nitrogens is 2. The van der Waals surface area contributed by atoms with Gasteiger partial charge in [0, 0.05) is 35.5 Å². The maximum atomic E-state index is 11.7. The van der Waals surface area contributed by atoms with Gasteiger partial charge in [0.05, 0.1) is 25.3 Å². The Kier molecular flexibility index (Phi) is 7.96. The first-order chi connectivity index (χ1) is 17.8. The predicted octanol–water partition coefficient (Wildman–Crippen LogP) is 6.07. The number of aryl methyl sites for hydroxylation is 3. The number of Topliss-reactive ketones (excluding diaryl/α,β-unsaturated/α-hetero) is 1. The van der Waals surface area contributed by atoms with Crippen molar-refractivity contribution in [2.45, 2.75) is 53.4 Å². The van der Waals surface area contributed by atoms with Crippen molar-refractivity contribution >= 4 is 22.7 Å². The van der Waals surface area contributed by atoms with Crippen LogP contribution in [0.15, 0.2) is 40.8 Å². The van der Waals surface area contributed by atoms with Gasteiger partial charge in [0.1, 0.15) is 11.5 Å². The van der Waals surface area contributed by atoms with Crippen molar-refractivity contribution in [2.75, 3.05) is 13.2 Å². The number of carboxylic acids is 1. The summed E-state index contributed by atoms with van der Waals surface area (Å²) in [5.74, 6) is 1.27. The molecule has 0 amide bonds. The van der Waals surface area contributed by atoms with Gasteiger partial charge in [0.15, 0.2) is 11.5 Å². The van der Waals surface area contributed by atoms with E-state index in [4.69, 9.17) is 19.0 Å². The summed E-state index contributed by atoms with van der Waals surface area (Å²) in [5.41, 5.74) is 5.00. The van der Waals surface area contributed by atoms with Crippen LogP contribution in [0.1, 0.15) is 59.8 Å². The molecule has 0 bridgehead atoms. The molecule has 0 aliphatic carbocycles. The van der Waals surface area contributed by atoms with Gasteiger partial charge in [-0.3, -0.25) is 9.59 Å². The van der Waals surface area contributed by atoms with Crippen LogP contribution in [-0.4, -0.2) is 40.0 Å². The summed E-state index contributed by atoms with van der Waals surface area (Å²) in [7, 11) is 0. The maximum Gasteiger partial charge on any atom is 0.309 e. The lowest BCUT2D eigenvalue weighted by Gasteiger charge is -2.13. The molecular formula is C29H32N2O6. The lowest BCUT2D eigenvalue weighted by Crippen LogP contribution is -2.06. The average molecular weight is 505 g/mol. The number of carbonyl (C=O) groups is 2. The van der Waals surface area contributed by atoms with Crippen LogP contribution in [0.3, 0.4) is 0 Å². The molecule has 0 saturated heterocycles. The molecule has 0 aliphatic rings. The molecule has 2 aromatic heterocycles. The van der Waals surface area contributed by atoms with Crippen molar-refractivity contribution < 1.29 is 28.6 Å². The third-order valence-electron chi connectivity index (χ3n) is 6.22. The Bertz CT molecular complexity index is 1430. The van der Waals surface area contributed by atoms with Gasteiger partial charge in [-0.2, -0.15) is 0 Å². The van der Waals surface area contributed by atoms with Crippen molar-refractivity contribution in [1.82, 2.24) is 9.97 Å². The molecule has 4 rings (SSSR count). The number of oxazole rings is 1. The number of ether oxygens (including phenoxy) is 2. The Labute approximate surface area is 215 Å². The predicted molar refractivity (Wildman–Crippen MR) is 141 cm³/mol. The molecular weight excluding hydrogens is 472 g/mol. The highest BCUT2D eigenvalue weighted by atomic mass is 16.5. The number of aliphatic carboxylic acids is 1. The Morgan fingerprint density at radius 1 is 1.08 bits per heavy atom. The van der Waals surface area contributed by atoms with Gasteiger partial charge in [0.2, 0.25) is 5.89 Å². The zero-order valence-corrected chi connectivity index (χ0v) is 21.6. The Morgan fingerprint density at radius 2 is 1.86 bits per heavy atom. The van der Waals surface area contributed by atoms with Crippen LogP contribution in [0.2, 0.25) is 0 Å². The second-order valence-corrected chi connectivity index (χ2v) is 9.12. The number of hydrogen-bond donors (Lipinski definition) is 2. The fourth-order valence-electron chi connectivity index (χ4n) is 4.37. The first-order valence-corrected chi connectivity index (χ1v) is 12.5. The molecule has 8 nitrogen and oxygen atoms in total. The summed E-state index contributed by atoms with van der Waals surface area (Å²) in [4.78, 5) is 30.4. The maximum absolute atomic E-state index is 11.7. The number of carbonyl (C=O) groups excluding carboxylic acids is 1. The number of hydrogen-bond acceptors (Lipinski definition) is 6. The van der Waals surface area contributed by atoms with Crippen LogP contribution >= 0.6 is 0 Å². The largest absolute Gasteiger partial charge is 0.493 e. The molecule has 8 heteroatoms. The number of rotatable bonds is 12. The number of benzene rings is 2. The van der Waals surface area contributed by atoms with Crippen molar-refractivity contribution in [1.29, 1.82) is 0 Å². The highest BCUT2D eigenvalue weighted by molar-refractivity contribution is 5.92. The lowest BCUT2D eigenvalue weighted by molar-refractivity contribution is -0.136. The molecule has 4 aromatic rings. The fourth-order valence-corrected chi connectivity index (χ4v) is 4.37. The minimum absolute atomic E-state index is 0.0356. The van der Waals surface area contributed by atoms with E-state index in [2.05, 4.69) is 16.9 Å². The molecule has 2 aromatic carbocycles. The quantitative estimate of drug-likeness (QED) is 0.178. The Hall–Kier alpha value is -4.07. The van der Waals surface area contributed by atoms with Crippen LogP contribution in [0.4, 0.5) is 0 Å². The number of fused-ring (bicyclic) bond motifs is 1. The SMILES string of the molecule is CCCc1cc(-c2nc(C)c(C(C)=O)o2)ccc1OCCCOc1ccc2[nH]c(CC(=O)O)c(C)c2c1. The monoisotopic (exact) mass is 504 g/mol. The van der Waals surface area contributed by atoms with Gasteiger partial charge in [-0.15, -0.1) is 0 Å². The summed E-state index contributed by atoms with van der Waals surface area (Å²) in [6, 6.07) is 11.6. The Morgan fingerprint density at radius 3 is 2.57 bits per heavy atom. The minimum Gasteiger partial charge on any atom is -0.493 e. The minimum atomic E-state index is -0.863. The van der Waals surface area contributed by atoms with Gasteiger partial charge in [-0.25, -0.2) is 4.98 Å². The van der Waals surface area contributed by atoms with E-state index in [0.29, 0.717) is 42.7 Å². The van der Waals surface area contributed by atoms with Gasteiger partial charge < -0.3 is 24.0 Å². The van der Waals surface area contributed by atoms with Crippen molar-refractivity contribution in [3.63, 3.8) is 0 Å². The average Bonchev–Trinajstić information content (AvgIpc) is 3.39. The Balaban J connectivity index is 1.35. The third kappa shape index (κ3) is 6.02. The van der Waals surface area contributed by atoms with Gasteiger partial charge in [-0.05, 0) is 67.8 Å². The van der Waals surface area contributed by atoms with Crippen LogP contribution in [0, 0.1) is 13.8 Å². The number of aromatic amines is 1. The van der Waals surface area contributed by atoms with Crippen LogP contribution in [0.25, 0.3) is 22.4 Å². The zero-order valence-electron chi connectivity index (χ0n) is 21.6. The van der Waals surface area contributed by atoms with Crippen LogP contribution in [-0.2, 0) is 17.6 Å². The van der Waals surface area contributed by atoms with Gasteiger partial charge in [0.25, 0.3) is 0 Å². The lowest BCUT2D eigenvalue weighted by atomic mass is 10.1. The van der Waals surface area contributed by atoms with E-state index >= 15 is 0 Å². The van der Waals surface area contributed by atoms with Crippen LogP contribution < -0.4 is 9.47 Å². The molecule has 0 saturated carbocycles. The first-order valence-electron chi connectivity index (χ1n) is 12.5. The van der Waals surface area contributed by atoms with E-state index in [9.17, 15) is 9.59 Å². The summed E-state index contributed by atoms with van der Waals surface area (Å²) in [6.07, 6.45) is 2.47. The first kappa shape index (κ1) is 26.0. The number of carboxylic acid groups (broad SMARTS) is 1. The molecule has 2 heterocycles. The van der Waals surface area contributed by atoms with E-state index in [1.807, 2.05) is 43.3 Å². The number of H-pyrrole nitrogens is 1. The summed E-state index contributed by atoms with van der Waals surface area (Å²) in [5, 5.41) is 10.1. The number of nitrogens with one attached hydrogen (secondary N) is 1. The topological polar surface area (TPSA) is 115 Å². The molecule has 37 heavy (non-hydrogen) atoms. The zero-order chi connectivity index (χ0) is 26.5. The van der Waals surface area contributed by atoms with E-state index in [0.717, 1.165) is 51.9 Å². The smallest absolute Gasteiger partial charge is 0.309 e. The standard InChI is InChI=1S/C29H32N2O6/c1-5-7-20-14-21(29-30-18(3)28(37-29)19(4)32)8-11-26(20)36-13-6-12-35-22-9-10-24-23(15-22)17(2)25(31-24)16-27(33)34/h8-11,14-15,31H,5-7,12-13,16H2,1-4H3,(H,33,34). The van der Waals surface area contributed by atoms with E-state index in [1.54, 1.807) is 6.92 Å². The van der Waals surface area contributed by atoms with Gasteiger partial charge >= 0.3 is 5.97 Å². The third-order valence-corrected chi connectivity index (χ3v) is 6.22. The van der Waals surface area contributed by atoms with Crippen molar-refractivity contribution in [2.24, 2.45) is 0 Å². The molecule has 0 aliphatic heterocycles. The molecule has 0 fully saturated rings. The van der Waals surface area contributed by atoms with Gasteiger partial charge in [-0.1, -0.05) is 13.3 Å². The number of nitrogens with zero attached hydrogens (tertiary/aromatic N) is 1. The highest BCUT2D eigenvalue weighted by Gasteiger charge is 2.16. The molecule has 0 radical (unpaired) electrons. The van der Waals surface area contributed by atoms with E-state index in [-0.39, 0.29) is 12.2 Å². The normalized spacial score (nSPS) is 11.1. The van der Waals surface area contributed by atoms with Crippen LogP contribution in [0.5, 0.6) is 11.5 Å². The summed E-state index contributed by atoms with van der Waals surface area (Å²) >= 11 is 0. The second kappa shape index (κ2) is 11.3. The second-order valence-electron chi connectivity index (χ2n) is 9.12. The molecule has 0 atom stereocenters. The number of ketones is 1. The highest BCUT2D eigenvalue weighted by Crippen LogP contribution is 2.29. The molecule has 0 unspecified atom stereocenters. The summed E-state index contributed by atoms with van der Waals surface area (Å²) < 4.78 is 17.7.